The summed E-state index contributed by atoms with van der Waals surface area (Å²) in [6.07, 6.45) is 5.91. The van der Waals surface area contributed by atoms with E-state index in [2.05, 4.69) is 25.8 Å². The van der Waals surface area contributed by atoms with Crippen LogP contribution in [0.3, 0.4) is 0 Å². The number of pyridine rings is 1. The Morgan fingerprint density at radius 3 is 2.67 bits per heavy atom. The second kappa shape index (κ2) is 6.78. The summed E-state index contributed by atoms with van der Waals surface area (Å²) in [5.74, 6) is -0.277. The summed E-state index contributed by atoms with van der Waals surface area (Å²) in [6, 6.07) is 3.39. The summed E-state index contributed by atoms with van der Waals surface area (Å²) in [6.45, 7) is 6.61. The van der Waals surface area contributed by atoms with Gasteiger partial charge in [-0.05, 0) is 49.7 Å². The van der Waals surface area contributed by atoms with Crippen molar-refractivity contribution in [3.05, 3.63) is 28.5 Å². The molecule has 116 valence electrons. The average molecular weight is 310 g/mol. The Kier molecular flexibility index (Phi) is 5.26. The van der Waals surface area contributed by atoms with E-state index < -0.39 is 0 Å². The minimum absolute atomic E-state index is 0.0343. The molecule has 2 rings (SSSR count). The molecule has 0 spiro atoms. The van der Waals surface area contributed by atoms with Crippen molar-refractivity contribution in [2.45, 2.75) is 65.4 Å². The van der Waals surface area contributed by atoms with Gasteiger partial charge in [0.1, 0.15) is 11.3 Å². The number of nitrogens with zero attached hydrogens (tertiary/aromatic N) is 1. The van der Waals surface area contributed by atoms with Crippen molar-refractivity contribution < 1.29 is 9.53 Å². The van der Waals surface area contributed by atoms with Crippen LogP contribution < -0.4 is 0 Å². The van der Waals surface area contributed by atoms with Crippen LogP contribution in [0.4, 0.5) is 0 Å². The molecule has 4 heteroatoms. The third-order valence-corrected chi connectivity index (χ3v) is 4.34. The smallest absolute Gasteiger partial charge is 0.338 e. The molecule has 1 heterocycles. The number of hydrogen-bond acceptors (Lipinski definition) is 3. The molecule has 0 unspecified atom stereocenters. The molecule has 0 aliphatic heterocycles. The minimum atomic E-state index is -0.277. The normalized spacial score (nSPS) is 18.5. The fraction of sp³-hybridized carbons (Fsp3) is 0.647. The molecule has 21 heavy (non-hydrogen) atoms. The van der Waals surface area contributed by atoms with E-state index in [1.54, 1.807) is 12.1 Å². The fourth-order valence-electron chi connectivity index (χ4n) is 2.76. The van der Waals surface area contributed by atoms with Crippen molar-refractivity contribution in [3.63, 3.8) is 0 Å². The van der Waals surface area contributed by atoms with E-state index in [0.717, 1.165) is 44.2 Å². The number of carbonyl (C=O) groups is 1. The van der Waals surface area contributed by atoms with Crippen molar-refractivity contribution in [3.8, 4) is 0 Å². The van der Waals surface area contributed by atoms with Gasteiger partial charge in [0.05, 0.1) is 5.56 Å². The van der Waals surface area contributed by atoms with Gasteiger partial charge in [-0.1, -0.05) is 38.8 Å². The standard InChI is InChI=1S/C17H24ClNO2/c1-4-5-13-10-12(11-15(18)19-13)16(20)21-14-6-8-17(2,3)9-7-14/h10-11,14H,4-9H2,1-3H3. The molecule has 0 radical (unpaired) electrons. The molecular weight excluding hydrogens is 286 g/mol. The topological polar surface area (TPSA) is 39.2 Å². The summed E-state index contributed by atoms with van der Waals surface area (Å²) in [7, 11) is 0. The first kappa shape index (κ1) is 16.3. The Hall–Kier alpha value is -1.09. The van der Waals surface area contributed by atoms with Gasteiger partial charge in [-0.25, -0.2) is 9.78 Å². The van der Waals surface area contributed by atoms with Crippen molar-refractivity contribution in [2.24, 2.45) is 5.41 Å². The molecule has 0 amide bonds. The molecule has 0 aromatic carbocycles. The van der Waals surface area contributed by atoms with Gasteiger partial charge in [-0.3, -0.25) is 0 Å². The SMILES string of the molecule is CCCc1cc(C(=O)OC2CCC(C)(C)CC2)cc(Cl)n1. The quantitative estimate of drug-likeness (QED) is 0.591. The lowest BCUT2D eigenvalue weighted by atomic mass is 9.76. The number of carbonyl (C=O) groups excluding carboxylic acids is 1. The Balaban J connectivity index is 2.00. The van der Waals surface area contributed by atoms with Gasteiger partial charge in [-0.15, -0.1) is 0 Å². The van der Waals surface area contributed by atoms with E-state index in [-0.39, 0.29) is 12.1 Å². The molecule has 0 atom stereocenters. The maximum atomic E-state index is 12.3. The molecule has 0 saturated heterocycles. The van der Waals surface area contributed by atoms with Crippen LogP contribution in [-0.2, 0) is 11.2 Å². The lowest BCUT2D eigenvalue weighted by Gasteiger charge is -2.33. The average Bonchev–Trinajstić information content (AvgIpc) is 2.41. The van der Waals surface area contributed by atoms with Gasteiger partial charge >= 0.3 is 5.97 Å². The number of hydrogen-bond donors (Lipinski definition) is 0. The molecule has 1 aromatic rings. The number of aromatic nitrogens is 1. The minimum Gasteiger partial charge on any atom is -0.459 e. The van der Waals surface area contributed by atoms with E-state index in [1.807, 2.05) is 0 Å². The molecule has 1 aromatic heterocycles. The monoisotopic (exact) mass is 309 g/mol. The Labute approximate surface area is 132 Å². The Morgan fingerprint density at radius 2 is 2.05 bits per heavy atom. The summed E-state index contributed by atoms with van der Waals surface area (Å²) >= 11 is 5.99. The summed E-state index contributed by atoms with van der Waals surface area (Å²) < 4.78 is 5.63. The summed E-state index contributed by atoms with van der Waals surface area (Å²) in [5.41, 5.74) is 1.74. The Bertz CT molecular complexity index is 504. The molecule has 1 saturated carbocycles. The molecule has 0 N–H and O–H groups in total. The summed E-state index contributed by atoms with van der Waals surface area (Å²) in [4.78, 5) is 16.5. The van der Waals surface area contributed by atoms with Gasteiger partial charge < -0.3 is 4.74 Å². The van der Waals surface area contributed by atoms with E-state index in [9.17, 15) is 4.79 Å². The zero-order valence-corrected chi connectivity index (χ0v) is 13.9. The largest absolute Gasteiger partial charge is 0.459 e. The van der Waals surface area contributed by atoms with Crippen molar-refractivity contribution in [2.75, 3.05) is 0 Å². The lowest BCUT2D eigenvalue weighted by molar-refractivity contribution is 0.00949. The molecule has 0 bridgehead atoms. The third-order valence-electron chi connectivity index (χ3n) is 4.15. The Morgan fingerprint density at radius 1 is 1.38 bits per heavy atom. The number of aryl methyl sites for hydroxylation is 1. The van der Waals surface area contributed by atoms with Crippen LogP contribution in [-0.4, -0.2) is 17.1 Å². The second-order valence-electron chi connectivity index (χ2n) is 6.69. The van der Waals surface area contributed by atoms with E-state index in [1.165, 1.54) is 0 Å². The maximum absolute atomic E-state index is 12.3. The van der Waals surface area contributed by atoms with Crippen molar-refractivity contribution >= 4 is 17.6 Å². The van der Waals surface area contributed by atoms with Crippen LogP contribution in [0.15, 0.2) is 12.1 Å². The zero-order valence-electron chi connectivity index (χ0n) is 13.1. The fourth-order valence-corrected chi connectivity index (χ4v) is 2.99. The highest BCUT2D eigenvalue weighted by molar-refractivity contribution is 6.29. The van der Waals surface area contributed by atoms with Crippen LogP contribution in [0.25, 0.3) is 0 Å². The zero-order chi connectivity index (χ0) is 15.5. The highest BCUT2D eigenvalue weighted by Crippen LogP contribution is 2.36. The lowest BCUT2D eigenvalue weighted by Crippen LogP contribution is -2.28. The number of ether oxygens (including phenoxy) is 1. The first-order chi connectivity index (χ1) is 9.89. The van der Waals surface area contributed by atoms with Crippen LogP contribution >= 0.6 is 11.6 Å². The summed E-state index contributed by atoms with van der Waals surface area (Å²) in [5, 5.41) is 0.359. The van der Waals surface area contributed by atoms with E-state index >= 15 is 0 Å². The van der Waals surface area contributed by atoms with Gasteiger partial charge in [0.25, 0.3) is 0 Å². The van der Waals surface area contributed by atoms with Gasteiger partial charge in [0, 0.05) is 5.69 Å². The highest BCUT2D eigenvalue weighted by Gasteiger charge is 2.29. The number of halogens is 1. The molecule has 1 aliphatic rings. The van der Waals surface area contributed by atoms with E-state index in [0.29, 0.717) is 16.1 Å². The number of esters is 1. The second-order valence-corrected chi connectivity index (χ2v) is 7.08. The van der Waals surface area contributed by atoms with Crippen molar-refractivity contribution in [1.29, 1.82) is 0 Å². The predicted molar refractivity (Wildman–Crippen MR) is 84.7 cm³/mol. The third kappa shape index (κ3) is 4.70. The van der Waals surface area contributed by atoms with Gasteiger partial charge in [0.2, 0.25) is 0 Å². The van der Waals surface area contributed by atoms with Crippen LogP contribution in [0.1, 0.15) is 68.9 Å². The molecule has 1 fully saturated rings. The molecule has 1 aliphatic carbocycles. The van der Waals surface area contributed by atoms with Crippen LogP contribution in [0.2, 0.25) is 5.15 Å². The number of rotatable bonds is 4. The molecule has 3 nitrogen and oxygen atoms in total. The van der Waals surface area contributed by atoms with Crippen molar-refractivity contribution in [1.82, 2.24) is 4.98 Å². The van der Waals surface area contributed by atoms with Crippen LogP contribution in [0.5, 0.6) is 0 Å². The van der Waals surface area contributed by atoms with Crippen LogP contribution in [0, 0.1) is 5.41 Å². The van der Waals surface area contributed by atoms with Gasteiger partial charge in [-0.2, -0.15) is 0 Å². The van der Waals surface area contributed by atoms with Gasteiger partial charge in [0.15, 0.2) is 0 Å². The first-order valence-corrected chi connectivity index (χ1v) is 8.15. The highest BCUT2D eigenvalue weighted by atomic mass is 35.5. The maximum Gasteiger partial charge on any atom is 0.338 e. The van der Waals surface area contributed by atoms with E-state index in [4.69, 9.17) is 16.3 Å². The first-order valence-electron chi connectivity index (χ1n) is 7.77. The molecular formula is C17H24ClNO2. The predicted octanol–water partition coefficient (Wildman–Crippen LogP) is 4.81.